The first-order chi connectivity index (χ1) is 20.8. The van der Waals surface area contributed by atoms with E-state index in [9.17, 15) is 8.78 Å². The zero-order valence-corrected chi connectivity index (χ0v) is 26.4. The first-order valence-electron chi connectivity index (χ1n) is 12.0. The van der Waals surface area contributed by atoms with E-state index in [0.717, 1.165) is 13.8 Å². The highest BCUT2D eigenvalue weighted by Gasteiger charge is 2.56. The highest BCUT2D eigenvalue weighted by Crippen LogP contribution is 2.55. The molecule has 0 spiro atoms. The summed E-state index contributed by atoms with van der Waals surface area (Å²) in [5.74, 6) is -30.0. The molecule has 4 aromatic carbocycles. The van der Waals surface area contributed by atoms with Crippen molar-refractivity contribution in [2.75, 3.05) is 0 Å². The summed E-state index contributed by atoms with van der Waals surface area (Å²) in [6, 6.07) is 0.0342. The molecule has 0 bridgehead atoms. The van der Waals surface area contributed by atoms with E-state index in [4.69, 9.17) is 4.74 Å². The first kappa shape index (κ1) is 33.8. The maximum Gasteiger partial charge on any atom is 0.204 e. The van der Waals surface area contributed by atoms with Crippen molar-refractivity contribution in [2.24, 2.45) is 0 Å². The van der Waals surface area contributed by atoms with E-state index in [-0.39, 0.29) is 11.4 Å². The predicted molar refractivity (Wildman–Crippen MR) is 151 cm³/mol. The van der Waals surface area contributed by atoms with Gasteiger partial charge in [-0.2, -0.15) is 4.39 Å². The first-order valence-corrected chi connectivity index (χ1v) is 15.0. The number of halogens is 13. The van der Waals surface area contributed by atoms with Crippen LogP contribution in [0.25, 0.3) is 0 Å². The maximum atomic E-state index is 16.4. The molecule has 4 aromatic rings. The van der Waals surface area contributed by atoms with Crippen molar-refractivity contribution < 1.29 is 61.6 Å². The van der Waals surface area contributed by atoms with Gasteiger partial charge in [0.2, 0.25) is 11.6 Å². The Morgan fingerprint density at radius 2 is 1.04 bits per heavy atom. The molecule has 238 valence electrons. The second kappa shape index (κ2) is 11.3. The van der Waals surface area contributed by atoms with Crippen molar-refractivity contribution >= 4 is 62.5 Å². The number of hydrogen-bond donors (Lipinski definition) is 0. The van der Waals surface area contributed by atoms with Crippen LogP contribution in [-0.4, -0.2) is 0 Å². The Labute approximate surface area is 253 Å². The number of rotatable bonds is 2. The zero-order valence-electron chi connectivity index (χ0n) is 22.1. The van der Waals surface area contributed by atoms with Gasteiger partial charge in [0.1, 0.15) is 11.6 Å². The molecule has 1 aliphatic heterocycles. The minimum absolute atomic E-state index is 0.0342. The normalized spacial score (nSPS) is 17.6. The van der Waals surface area contributed by atoms with Crippen LogP contribution in [0.15, 0.2) is 6.07 Å². The third-order valence-electron chi connectivity index (χ3n) is 7.38. The number of hydrogen-bond acceptors (Lipinski definition) is 1. The molecule has 0 saturated heterocycles. The molecule has 5 atom stereocenters. The van der Waals surface area contributed by atoms with Crippen LogP contribution in [0.1, 0.15) is 27.8 Å². The largest absolute Gasteiger partial charge is 0.469 e. The summed E-state index contributed by atoms with van der Waals surface area (Å²) >= 11 is 0. The molecular weight excluding hydrogens is 711 g/mol. The van der Waals surface area contributed by atoms with Gasteiger partial charge in [-0.3, -0.25) is 0 Å². The lowest BCUT2D eigenvalue weighted by molar-refractivity contribution is 0.130. The second-order valence-electron chi connectivity index (χ2n) is 9.69. The monoisotopic (exact) mass is 724 g/mol. The quantitative estimate of drug-likeness (QED) is 0.0998. The lowest BCUT2D eigenvalue weighted by atomic mass is 9.76. The summed E-state index contributed by atoms with van der Waals surface area (Å²) in [6.07, 6.45) is 0. The number of ether oxygens (including phenoxy) is 1. The molecule has 1 nitrogen and oxygen atoms in total. The Bertz CT molecular complexity index is 1870. The maximum absolute atomic E-state index is 16.4. The van der Waals surface area contributed by atoms with E-state index in [1.54, 1.807) is 0 Å². The van der Waals surface area contributed by atoms with E-state index in [1.165, 1.54) is 18.5 Å². The van der Waals surface area contributed by atoms with Gasteiger partial charge in [-0.15, -0.1) is 9.24 Å². The second-order valence-corrected chi connectivity index (χ2v) is 12.9. The molecular formula is C27H13F13OP4. The van der Waals surface area contributed by atoms with Crippen LogP contribution >= 0.6 is 36.0 Å². The number of fused-ring (bicyclic) bond motifs is 2. The third kappa shape index (κ3) is 4.46. The van der Waals surface area contributed by atoms with Crippen LogP contribution in [0.5, 0.6) is 5.75 Å². The molecule has 5 rings (SSSR count). The van der Waals surface area contributed by atoms with Crippen LogP contribution in [0, 0.1) is 83.7 Å². The average Bonchev–Trinajstić information content (AvgIpc) is 3.10. The van der Waals surface area contributed by atoms with Crippen molar-refractivity contribution in [1.82, 2.24) is 0 Å². The Balaban J connectivity index is 2.24. The summed E-state index contributed by atoms with van der Waals surface area (Å²) in [4.78, 5) is 0. The van der Waals surface area contributed by atoms with E-state index >= 15 is 48.1 Å². The van der Waals surface area contributed by atoms with Gasteiger partial charge in [0.05, 0.1) is 16.2 Å². The molecule has 1 heterocycles. The smallest absolute Gasteiger partial charge is 0.204 e. The lowest BCUT2D eigenvalue weighted by Crippen LogP contribution is -2.45. The minimum Gasteiger partial charge on any atom is -0.469 e. The molecule has 18 heteroatoms. The molecule has 0 radical (unpaired) electrons. The highest BCUT2D eigenvalue weighted by molar-refractivity contribution is 7.68. The fourth-order valence-electron chi connectivity index (χ4n) is 5.12. The van der Waals surface area contributed by atoms with E-state index in [1.807, 2.05) is 9.24 Å². The molecule has 45 heavy (non-hydrogen) atoms. The minimum atomic E-state index is -4.45. The fourth-order valence-corrected chi connectivity index (χ4v) is 7.53. The van der Waals surface area contributed by atoms with E-state index in [2.05, 4.69) is 0 Å². The summed E-state index contributed by atoms with van der Waals surface area (Å²) < 4.78 is 206. The standard InChI is InChI=1S/C27H13F13OP4/c1-4-8(11(30)10(29)5(2)22(4)42)27(9-12(31)17(36)24(44)18(37)13(9)32)6-3-7(28)23(43)20(39)25(6)45(40)26-19(38)15(34)14(33)16(35)21(26)41-27/h3H,42-44H2,1-2H3. The molecule has 0 saturated carbocycles. The van der Waals surface area contributed by atoms with Gasteiger partial charge in [0.15, 0.2) is 66.1 Å². The van der Waals surface area contributed by atoms with E-state index in [0.29, 0.717) is 0 Å². The molecule has 0 fully saturated rings. The van der Waals surface area contributed by atoms with Gasteiger partial charge in [-0.25, -0.2) is 52.5 Å². The van der Waals surface area contributed by atoms with Gasteiger partial charge in [-0.1, -0.05) is 18.5 Å². The van der Waals surface area contributed by atoms with Crippen LogP contribution in [-0.2, 0) is 5.60 Å². The molecule has 0 amide bonds. The molecule has 0 N–H and O–H groups in total. The van der Waals surface area contributed by atoms with Gasteiger partial charge >= 0.3 is 0 Å². The molecule has 1 aliphatic rings. The van der Waals surface area contributed by atoms with Crippen LogP contribution < -0.4 is 31.3 Å². The van der Waals surface area contributed by atoms with Crippen LogP contribution in [0.3, 0.4) is 0 Å². The molecule has 5 unspecified atom stereocenters. The van der Waals surface area contributed by atoms with Crippen molar-refractivity contribution in [1.29, 1.82) is 0 Å². The zero-order chi connectivity index (χ0) is 33.8. The summed E-state index contributed by atoms with van der Waals surface area (Å²) in [7, 11) is 0.199. The number of benzene rings is 4. The van der Waals surface area contributed by atoms with Crippen molar-refractivity contribution in [2.45, 2.75) is 19.4 Å². The lowest BCUT2D eigenvalue weighted by Gasteiger charge is -2.38. The fraction of sp³-hybridized carbons (Fsp3) is 0.111. The summed E-state index contributed by atoms with van der Waals surface area (Å²) in [6.45, 7) is 1.90. The van der Waals surface area contributed by atoms with Crippen molar-refractivity contribution in [3.05, 3.63) is 104 Å². The summed E-state index contributed by atoms with van der Waals surface area (Å²) in [5.41, 5.74) is -10.7. The van der Waals surface area contributed by atoms with E-state index < -0.39 is 138 Å². The Morgan fingerprint density at radius 1 is 0.533 bits per heavy atom. The Morgan fingerprint density at radius 3 is 1.60 bits per heavy atom. The van der Waals surface area contributed by atoms with Gasteiger partial charge in [0, 0.05) is 21.7 Å². The van der Waals surface area contributed by atoms with Gasteiger partial charge in [-0.05, 0) is 36.3 Å². The van der Waals surface area contributed by atoms with Crippen molar-refractivity contribution in [3.63, 3.8) is 0 Å². The van der Waals surface area contributed by atoms with Gasteiger partial charge < -0.3 is 4.74 Å². The van der Waals surface area contributed by atoms with Gasteiger partial charge in [0.25, 0.3) is 0 Å². The predicted octanol–water partition coefficient (Wildman–Crippen LogP) is 6.48. The Kier molecular flexibility index (Phi) is 8.52. The summed E-state index contributed by atoms with van der Waals surface area (Å²) in [5, 5.41) is -6.56. The Hall–Kier alpha value is -2.51. The topological polar surface area (TPSA) is 9.23 Å². The molecule has 0 aliphatic carbocycles. The highest BCUT2D eigenvalue weighted by atomic mass is 31.2. The average molecular weight is 724 g/mol. The van der Waals surface area contributed by atoms with Crippen molar-refractivity contribution in [3.8, 4) is 5.75 Å². The SMILES string of the molecule is Cc1c(F)c(F)c(C2(c3c(F)c(F)c(P)c(F)c3F)Oc3c(F)c(F)c(F)c(F)c3P(F)c3c2cc(F)c(P)c3F)c(C)c1P. The van der Waals surface area contributed by atoms with Crippen LogP contribution in [0.4, 0.5) is 56.9 Å². The van der Waals surface area contributed by atoms with Crippen LogP contribution in [0.2, 0.25) is 0 Å². The third-order valence-corrected chi connectivity index (χ3v) is 10.9. The molecule has 0 aromatic heterocycles.